The lowest BCUT2D eigenvalue weighted by Gasteiger charge is -1.99. The van der Waals surface area contributed by atoms with Gasteiger partial charge in [-0.15, -0.1) is 0 Å². The van der Waals surface area contributed by atoms with E-state index in [4.69, 9.17) is 10.2 Å². The first kappa shape index (κ1) is 8.48. The molecule has 0 atom stereocenters. The Kier molecular flexibility index (Phi) is 2.25. The molecule has 1 rings (SSSR count). The molecule has 1 aromatic rings. The second-order valence-corrected chi connectivity index (χ2v) is 2.20. The molecule has 1 aromatic carbocycles. The van der Waals surface area contributed by atoms with Gasteiger partial charge >= 0.3 is 5.69 Å². The van der Waals surface area contributed by atoms with Crippen LogP contribution in [0.2, 0.25) is 0 Å². The normalized spacial score (nSPS) is 9.75. The van der Waals surface area contributed by atoms with Crippen LogP contribution in [-0.2, 0) is 6.61 Å². The minimum absolute atomic E-state index is 0.157. The molecule has 0 radical (unpaired) electrons. The van der Waals surface area contributed by atoms with Gasteiger partial charge < -0.3 is 10.2 Å². The fourth-order valence-corrected chi connectivity index (χ4v) is 0.853. The Balaban J connectivity index is 3.23. The Morgan fingerprint density at radius 1 is 1.50 bits per heavy atom. The molecule has 0 amide bonds. The van der Waals surface area contributed by atoms with Gasteiger partial charge in [-0.25, -0.2) is 0 Å². The molecular formula is C7H7NO4. The maximum absolute atomic E-state index is 10.3. The average molecular weight is 169 g/mol. The number of benzene rings is 1. The minimum Gasteiger partial charge on any atom is -0.502 e. The van der Waals surface area contributed by atoms with Crippen molar-refractivity contribution in [3.05, 3.63) is 33.9 Å². The number of rotatable bonds is 2. The highest BCUT2D eigenvalue weighted by Crippen LogP contribution is 2.28. The zero-order valence-corrected chi connectivity index (χ0v) is 6.10. The van der Waals surface area contributed by atoms with E-state index in [0.717, 1.165) is 0 Å². The van der Waals surface area contributed by atoms with E-state index in [1.54, 1.807) is 0 Å². The fraction of sp³-hybridized carbons (Fsp3) is 0.143. The van der Waals surface area contributed by atoms with Crippen molar-refractivity contribution in [3.63, 3.8) is 0 Å². The van der Waals surface area contributed by atoms with E-state index in [0.29, 0.717) is 0 Å². The molecule has 0 unspecified atom stereocenters. The molecule has 0 aliphatic heterocycles. The van der Waals surface area contributed by atoms with E-state index >= 15 is 0 Å². The van der Waals surface area contributed by atoms with Crippen molar-refractivity contribution in [1.29, 1.82) is 0 Å². The van der Waals surface area contributed by atoms with Crippen molar-refractivity contribution >= 4 is 5.69 Å². The number of aromatic hydroxyl groups is 1. The average Bonchev–Trinajstić information content (AvgIpc) is 2.04. The molecule has 0 saturated carbocycles. The van der Waals surface area contributed by atoms with Crippen molar-refractivity contribution in [2.75, 3.05) is 0 Å². The highest BCUT2D eigenvalue weighted by molar-refractivity contribution is 5.50. The molecular weight excluding hydrogens is 162 g/mol. The molecule has 0 bridgehead atoms. The summed E-state index contributed by atoms with van der Waals surface area (Å²) in [6, 6.07) is 4.00. The highest BCUT2D eigenvalue weighted by Gasteiger charge is 2.14. The lowest BCUT2D eigenvalue weighted by atomic mass is 10.2. The molecule has 0 aliphatic rings. The second-order valence-electron chi connectivity index (χ2n) is 2.20. The Morgan fingerprint density at radius 3 is 2.67 bits per heavy atom. The van der Waals surface area contributed by atoms with Crippen LogP contribution in [0.5, 0.6) is 5.75 Å². The van der Waals surface area contributed by atoms with Gasteiger partial charge in [-0.1, -0.05) is 12.1 Å². The maximum Gasteiger partial charge on any atom is 0.311 e. The van der Waals surface area contributed by atoms with Crippen LogP contribution in [-0.4, -0.2) is 15.1 Å². The Morgan fingerprint density at radius 2 is 2.17 bits per heavy atom. The van der Waals surface area contributed by atoms with Crippen LogP contribution in [0.3, 0.4) is 0 Å². The molecule has 0 fully saturated rings. The molecule has 2 N–H and O–H groups in total. The number of aliphatic hydroxyl groups is 1. The van der Waals surface area contributed by atoms with Crippen molar-refractivity contribution in [1.82, 2.24) is 0 Å². The number of aliphatic hydroxyl groups excluding tert-OH is 1. The van der Waals surface area contributed by atoms with E-state index in [1.807, 2.05) is 0 Å². The highest BCUT2D eigenvalue weighted by atomic mass is 16.6. The summed E-state index contributed by atoms with van der Waals surface area (Å²) in [5.74, 6) is -0.468. The van der Waals surface area contributed by atoms with Crippen molar-refractivity contribution in [2.45, 2.75) is 6.61 Å². The van der Waals surface area contributed by atoms with E-state index < -0.39 is 17.3 Å². The molecule has 0 spiro atoms. The topological polar surface area (TPSA) is 83.6 Å². The number of nitrogens with zero attached hydrogens (tertiary/aromatic N) is 1. The van der Waals surface area contributed by atoms with Gasteiger partial charge in [0.15, 0.2) is 5.75 Å². The van der Waals surface area contributed by atoms with Crippen LogP contribution in [0.25, 0.3) is 0 Å². The summed E-state index contributed by atoms with van der Waals surface area (Å²) >= 11 is 0. The van der Waals surface area contributed by atoms with Crippen molar-refractivity contribution in [3.8, 4) is 5.75 Å². The third-order valence-electron chi connectivity index (χ3n) is 1.47. The lowest BCUT2D eigenvalue weighted by molar-refractivity contribution is -0.386. The zero-order valence-electron chi connectivity index (χ0n) is 6.10. The van der Waals surface area contributed by atoms with Crippen LogP contribution in [0, 0.1) is 10.1 Å². The monoisotopic (exact) mass is 169 g/mol. The smallest absolute Gasteiger partial charge is 0.311 e. The summed E-state index contributed by atoms with van der Waals surface area (Å²) < 4.78 is 0. The number of hydrogen-bond donors (Lipinski definition) is 2. The number of phenols is 1. The molecule has 0 aromatic heterocycles. The Labute approximate surface area is 68.0 Å². The second kappa shape index (κ2) is 3.19. The number of hydrogen-bond acceptors (Lipinski definition) is 4. The van der Waals surface area contributed by atoms with E-state index in [1.165, 1.54) is 18.2 Å². The molecule has 12 heavy (non-hydrogen) atoms. The summed E-state index contributed by atoms with van der Waals surface area (Å²) in [7, 11) is 0. The summed E-state index contributed by atoms with van der Waals surface area (Å²) in [6.07, 6.45) is 0. The van der Waals surface area contributed by atoms with E-state index in [9.17, 15) is 10.1 Å². The number of nitro benzene ring substituents is 1. The van der Waals surface area contributed by atoms with Crippen LogP contribution >= 0.6 is 0 Å². The first-order valence-electron chi connectivity index (χ1n) is 3.23. The van der Waals surface area contributed by atoms with Gasteiger partial charge in [0.2, 0.25) is 0 Å². The van der Waals surface area contributed by atoms with Gasteiger partial charge in [-0.3, -0.25) is 10.1 Å². The summed E-state index contributed by atoms with van der Waals surface area (Å²) in [5, 5.41) is 28.1. The molecule has 0 saturated heterocycles. The lowest BCUT2D eigenvalue weighted by Crippen LogP contribution is -1.91. The van der Waals surface area contributed by atoms with Gasteiger partial charge in [0.25, 0.3) is 0 Å². The fourth-order valence-electron chi connectivity index (χ4n) is 0.853. The SMILES string of the molecule is O=[N+]([O-])c1cccc(CO)c1O. The molecule has 5 nitrogen and oxygen atoms in total. The Hall–Kier alpha value is -1.62. The third-order valence-corrected chi connectivity index (χ3v) is 1.47. The number of nitro groups is 1. The zero-order chi connectivity index (χ0) is 9.14. The first-order chi connectivity index (χ1) is 5.66. The molecule has 0 aliphatic carbocycles. The first-order valence-corrected chi connectivity index (χ1v) is 3.23. The van der Waals surface area contributed by atoms with Crippen molar-refractivity contribution < 1.29 is 15.1 Å². The minimum atomic E-state index is -0.700. The largest absolute Gasteiger partial charge is 0.502 e. The van der Waals surface area contributed by atoms with Gasteiger partial charge in [-0.05, 0) is 0 Å². The third kappa shape index (κ3) is 1.35. The predicted molar refractivity (Wildman–Crippen MR) is 40.7 cm³/mol. The summed E-state index contributed by atoms with van der Waals surface area (Å²) in [6.45, 7) is -0.409. The van der Waals surface area contributed by atoms with Crippen LogP contribution in [0.15, 0.2) is 18.2 Å². The van der Waals surface area contributed by atoms with E-state index in [2.05, 4.69) is 0 Å². The molecule has 0 heterocycles. The molecule has 64 valence electrons. The van der Waals surface area contributed by atoms with Gasteiger partial charge in [0.05, 0.1) is 11.5 Å². The quantitative estimate of drug-likeness (QED) is 0.506. The standard InChI is InChI=1S/C7H7NO4/c9-4-5-2-1-3-6(7(5)10)8(11)12/h1-3,9-10H,4H2. The van der Waals surface area contributed by atoms with Crippen LogP contribution in [0.1, 0.15) is 5.56 Å². The van der Waals surface area contributed by atoms with Crippen LogP contribution in [0.4, 0.5) is 5.69 Å². The van der Waals surface area contributed by atoms with E-state index in [-0.39, 0.29) is 11.3 Å². The maximum atomic E-state index is 10.3. The van der Waals surface area contributed by atoms with Crippen molar-refractivity contribution in [2.24, 2.45) is 0 Å². The number of para-hydroxylation sites is 1. The molecule has 5 heteroatoms. The Bertz CT molecular complexity index is 310. The van der Waals surface area contributed by atoms with Crippen LogP contribution < -0.4 is 0 Å². The summed E-state index contributed by atoms with van der Waals surface area (Å²) in [5.41, 5.74) is -0.231. The van der Waals surface area contributed by atoms with Gasteiger partial charge in [0.1, 0.15) is 0 Å². The summed E-state index contributed by atoms with van der Waals surface area (Å²) in [4.78, 5) is 9.55. The predicted octanol–water partition coefficient (Wildman–Crippen LogP) is 0.793. The van der Waals surface area contributed by atoms with Gasteiger partial charge in [-0.2, -0.15) is 0 Å². The van der Waals surface area contributed by atoms with Gasteiger partial charge in [0, 0.05) is 11.6 Å².